The summed E-state index contributed by atoms with van der Waals surface area (Å²) in [7, 11) is 1.61. The smallest absolute Gasteiger partial charge is 0.219 e. The Labute approximate surface area is 220 Å². The van der Waals surface area contributed by atoms with Crippen LogP contribution in [0.5, 0.6) is 0 Å². The fourth-order valence-electron chi connectivity index (χ4n) is 4.24. The number of rotatable bonds is 3. The quantitative estimate of drug-likeness (QED) is 0.238. The SMILES string of the molecule is [2H]c1c([2H])c([2H])c(-c2c([2H])c([2H])c(-c3ccc4c(c3)oc3c(-c5cc(F)c(C([2H])([2H])[2H])c[n+]5C)c(C)ccc34)c([2H])c2[2H])c([2H])c1[2H]. The minimum atomic E-state index is -2.64. The Morgan fingerprint density at radius 2 is 1.49 bits per heavy atom. The van der Waals surface area contributed by atoms with Gasteiger partial charge in [-0.2, -0.15) is 0 Å². The number of aryl methyl sites for hydroxylation is 3. The monoisotopic (exact) mass is 470 g/mol. The van der Waals surface area contributed by atoms with Crippen molar-refractivity contribution in [3.05, 3.63) is 114 Å². The van der Waals surface area contributed by atoms with Crippen LogP contribution in [0.25, 0.3) is 55.4 Å². The van der Waals surface area contributed by atoms with Crippen LogP contribution in [-0.2, 0) is 7.05 Å². The molecule has 0 amide bonds. The molecule has 0 aliphatic carbocycles. The van der Waals surface area contributed by atoms with Crippen molar-refractivity contribution in [2.75, 3.05) is 0 Å². The Hall–Kier alpha value is -4.24. The molecule has 35 heavy (non-hydrogen) atoms. The van der Waals surface area contributed by atoms with Crippen LogP contribution in [0, 0.1) is 19.6 Å². The van der Waals surface area contributed by atoms with Crippen molar-refractivity contribution in [2.45, 2.75) is 13.8 Å². The molecular formula is C32H25FNO+. The molecule has 0 radical (unpaired) electrons. The fourth-order valence-corrected chi connectivity index (χ4v) is 4.24. The standard InChI is InChI=1S/C32H25FNO/c1-20-9-15-27-26-16-14-25(24-12-10-23(11-13-24)22-7-5-4-6-8-22)17-30(26)35-32(27)31(20)29-18-28(33)21(2)19-34(29)3/h4-19H,1-3H3/q+1/i2D3,4D,5D,6D,7D,8D,10D,11D,12D,13D. The van der Waals surface area contributed by atoms with Gasteiger partial charge < -0.3 is 4.42 Å². The third kappa shape index (κ3) is 3.60. The van der Waals surface area contributed by atoms with Crippen LogP contribution in [0.4, 0.5) is 4.39 Å². The number of pyridine rings is 1. The second-order valence-corrected chi connectivity index (χ2v) is 8.23. The molecule has 2 aromatic heterocycles. The number of halogens is 1. The Balaban J connectivity index is 1.56. The third-order valence-electron chi connectivity index (χ3n) is 5.99. The second kappa shape index (κ2) is 8.21. The van der Waals surface area contributed by atoms with Crippen molar-refractivity contribution in [3.63, 3.8) is 0 Å². The molecule has 170 valence electrons. The van der Waals surface area contributed by atoms with Gasteiger partial charge in [0.15, 0.2) is 6.20 Å². The number of hydrogen-bond acceptors (Lipinski definition) is 1. The predicted octanol–water partition coefficient (Wildman–Crippen LogP) is 8.17. The summed E-state index contributed by atoms with van der Waals surface area (Å²) in [6, 6.07) is 4.36. The normalized spacial score (nSPS) is 16.7. The Bertz CT molecular complexity index is 2270. The summed E-state index contributed by atoms with van der Waals surface area (Å²) in [5.74, 6) is -0.886. The van der Waals surface area contributed by atoms with Crippen molar-refractivity contribution in [2.24, 2.45) is 7.05 Å². The number of furan rings is 1. The molecule has 0 bridgehead atoms. The molecule has 6 aromatic rings. The van der Waals surface area contributed by atoms with E-state index in [9.17, 15) is 0 Å². The molecule has 0 N–H and O–H groups in total. The van der Waals surface area contributed by atoms with Crippen LogP contribution in [0.1, 0.15) is 27.6 Å². The molecule has 2 heterocycles. The minimum absolute atomic E-state index is 0.0800. The van der Waals surface area contributed by atoms with E-state index >= 15 is 4.39 Å². The highest BCUT2D eigenvalue weighted by Crippen LogP contribution is 2.38. The summed E-state index contributed by atoms with van der Waals surface area (Å²) in [5.41, 5.74) is 1.31. The summed E-state index contributed by atoms with van der Waals surface area (Å²) in [4.78, 5) is 0. The molecule has 0 fully saturated rings. The molecular weight excluding hydrogens is 433 g/mol. The van der Waals surface area contributed by atoms with E-state index in [4.69, 9.17) is 20.9 Å². The zero-order valence-corrected chi connectivity index (χ0v) is 18.8. The van der Waals surface area contributed by atoms with Crippen LogP contribution >= 0.6 is 0 Å². The van der Waals surface area contributed by atoms with Gasteiger partial charge in [-0.3, -0.25) is 0 Å². The number of fused-ring (bicyclic) bond motifs is 3. The van der Waals surface area contributed by atoms with E-state index in [1.54, 1.807) is 25.2 Å². The lowest BCUT2D eigenvalue weighted by Gasteiger charge is -2.06. The molecule has 0 spiro atoms. The summed E-state index contributed by atoms with van der Waals surface area (Å²) in [6.07, 6.45) is 1.23. The Morgan fingerprint density at radius 3 is 2.23 bits per heavy atom. The van der Waals surface area contributed by atoms with Crippen molar-refractivity contribution in [1.29, 1.82) is 0 Å². The van der Waals surface area contributed by atoms with Gasteiger partial charge in [0, 0.05) is 26.5 Å². The van der Waals surface area contributed by atoms with E-state index in [1.807, 2.05) is 19.1 Å². The van der Waals surface area contributed by atoms with Gasteiger partial charge in [0.2, 0.25) is 5.69 Å². The first-order valence-corrected chi connectivity index (χ1v) is 10.8. The van der Waals surface area contributed by atoms with Gasteiger partial charge in [0.25, 0.3) is 0 Å². The first-order chi connectivity index (χ1) is 21.9. The molecule has 0 saturated carbocycles. The highest BCUT2D eigenvalue weighted by Gasteiger charge is 2.22. The zero-order chi connectivity index (χ0) is 34.4. The number of aromatic nitrogens is 1. The number of hydrogen-bond donors (Lipinski definition) is 0. The predicted molar refractivity (Wildman–Crippen MR) is 141 cm³/mol. The maximum absolute atomic E-state index is 15.0. The second-order valence-electron chi connectivity index (χ2n) is 8.23. The summed E-state index contributed by atoms with van der Waals surface area (Å²) in [5, 5.41) is 1.32. The van der Waals surface area contributed by atoms with Crippen LogP contribution in [0.3, 0.4) is 0 Å². The van der Waals surface area contributed by atoms with E-state index in [0.29, 0.717) is 33.2 Å². The van der Waals surface area contributed by atoms with E-state index in [1.165, 1.54) is 10.8 Å². The van der Waals surface area contributed by atoms with Crippen LogP contribution in [0.2, 0.25) is 0 Å². The summed E-state index contributed by atoms with van der Waals surface area (Å²) < 4.78 is 121. The van der Waals surface area contributed by atoms with Crippen LogP contribution in [0.15, 0.2) is 101 Å². The average molecular weight is 471 g/mol. The van der Waals surface area contributed by atoms with E-state index in [-0.39, 0.29) is 11.1 Å². The number of nitrogens with zero attached hydrogens (tertiary/aromatic N) is 1. The van der Waals surface area contributed by atoms with Gasteiger partial charge in [-0.25, -0.2) is 8.96 Å². The van der Waals surface area contributed by atoms with Crippen molar-refractivity contribution in [1.82, 2.24) is 0 Å². The van der Waals surface area contributed by atoms with Gasteiger partial charge in [-0.05, 0) is 53.7 Å². The van der Waals surface area contributed by atoms with Gasteiger partial charge in [0.05, 0.1) is 17.9 Å². The van der Waals surface area contributed by atoms with Crippen LogP contribution in [-0.4, -0.2) is 0 Å². The summed E-state index contributed by atoms with van der Waals surface area (Å²) in [6.45, 7) is -0.834. The van der Waals surface area contributed by atoms with Crippen molar-refractivity contribution in [3.8, 4) is 33.5 Å². The molecule has 0 atom stereocenters. The van der Waals surface area contributed by atoms with Gasteiger partial charge in [0.1, 0.15) is 24.0 Å². The van der Waals surface area contributed by atoms with Gasteiger partial charge in [-0.1, -0.05) is 72.6 Å². The maximum atomic E-state index is 15.0. The molecule has 0 saturated heterocycles. The number of benzene rings is 4. The Kier molecular flexibility index (Phi) is 2.80. The zero-order valence-electron chi connectivity index (χ0n) is 30.8. The lowest BCUT2D eigenvalue weighted by molar-refractivity contribution is -0.661. The van der Waals surface area contributed by atoms with Gasteiger partial charge in [-0.15, -0.1) is 0 Å². The fraction of sp³-hybridized carbons (Fsp3) is 0.0938. The minimum Gasteiger partial charge on any atom is -0.455 e. The molecule has 0 aliphatic rings. The van der Waals surface area contributed by atoms with Crippen molar-refractivity contribution >= 4 is 21.9 Å². The van der Waals surface area contributed by atoms with Crippen LogP contribution < -0.4 is 4.57 Å². The molecule has 6 rings (SSSR count). The average Bonchev–Trinajstić information content (AvgIpc) is 3.38. The summed E-state index contributed by atoms with van der Waals surface area (Å²) >= 11 is 0. The van der Waals surface area contributed by atoms with E-state index in [0.717, 1.165) is 11.6 Å². The molecule has 2 nitrogen and oxygen atoms in total. The van der Waals surface area contributed by atoms with Gasteiger partial charge >= 0.3 is 0 Å². The van der Waals surface area contributed by atoms with E-state index in [2.05, 4.69) is 0 Å². The largest absolute Gasteiger partial charge is 0.455 e. The topological polar surface area (TPSA) is 17.0 Å². The first-order valence-electron chi connectivity index (χ1n) is 16.8. The molecule has 3 heteroatoms. The molecule has 4 aromatic carbocycles. The Morgan fingerprint density at radius 1 is 0.800 bits per heavy atom. The highest BCUT2D eigenvalue weighted by molar-refractivity contribution is 6.10. The highest BCUT2D eigenvalue weighted by atomic mass is 19.1. The molecule has 0 unspecified atom stereocenters. The van der Waals surface area contributed by atoms with Crippen molar-refractivity contribution < 1.29 is 29.8 Å². The van der Waals surface area contributed by atoms with E-state index < -0.39 is 83.7 Å². The first kappa shape index (κ1) is 11.9. The maximum Gasteiger partial charge on any atom is 0.219 e. The molecule has 0 aliphatic heterocycles. The third-order valence-corrected chi connectivity index (χ3v) is 5.99. The lowest BCUT2D eigenvalue weighted by Crippen LogP contribution is -2.31. The lowest BCUT2D eigenvalue weighted by atomic mass is 9.98.